The number of rotatable bonds is 0. The standard InChI is InChI=1S/C20H10Cl4N4/c21-17-13-5-9-1-2-10(25-9)6-14-18(22)20(24)16(28-14)8-12-4-3-11(26-12)7-15(27-13)19(17)23/h1-8,25-26H. The summed E-state index contributed by atoms with van der Waals surface area (Å²) in [6.07, 6.45) is 0. The fourth-order valence-electron chi connectivity index (χ4n) is 3.07. The van der Waals surface area contributed by atoms with Crippen molar-refractivity contribution in [2.24, 2.45) is 0 Å². The van der Waals surface area contributed by atoms with Gasteiger partial charge in [-0.3, -0.25) is 0 Å². The second-order valence-electron chi connectivity index (χ2n) is 6.34. The molecule has 3 aromatic rings. The first-order valence-electron chi connectivity index (χ1n) is 8.28. The minimum atomic E-state index is 0.410. The van der Waals surface area contributed by atoms with Crippen LogP contribution >= 0.6 is 46.4 Å². The molecule has 5 rings (SSSR count). The predicted octanol–water partition coefficient (Wildman–Crippen LogP) is 6.92. The zero-order valence-corrected chi connectivity index (χ0v) is 17.0. The van der Waals surface area contributed by atoms with Gasteiger partial charge < -0.3 is 9.97 Å². The summed E-state index contributed by atoms with van der Waals surface area (Å²) >= 11 is 25.5. The summed E-state index contributed by atoms with van der Waals surface area (Å²) in [4.78, 5) is 15.6. The van der Waals surface area contributed by atoms with Gasteiger partial charge >= 0.3 is 0 Å². The largest absolute Gasteiger partial charge is 0.355 e. The third kappa shape index (κ3) is 3.03. The zero-order chi connectivity index (χ0) is 19.4. The van der Waals surface area contributed by atoms with Gasteiger partial charge in [-0.05, 0) is 48.5 Å². The molecule has 4 nitrogen and oxygen atoms in total. The van der Waals surface area contributed by atoms with Crippen LogP contribution in [0, 0.1) is 0 Å². The zero-order valence-electron chi connectivity index (χ0n) is 14.0. The molecule has 2 aliphatic rings. The van der Waals surface area contributed by atoms with Crippen LogP contribution in [0.25, 0.3) is 42.2 Å². The smallest absolute Gasteiger partial charge is 0.0871 e. The van der Waals surface area contributed by atoms with Gasteiger partial charge in [-0.25, -0.2) is 9.97 Å². The average molecular weight is 448 g/mol. The molecule has 8 bridgehead atoms. The lowest BCUT2D eigenvalue weighted by atomic mass is 10.3. The van der Waals surface area contributed by atoms with Crippen LogP contribution in [0.4, 0.5) is 0 Å². The molecular formula is C20H10Cl4N4. The Morgan fingerprint density at radius 3 is 0.964 bits per heavy atom. The Kier molecular flexibility index (Phi) is 4.25. The van der Waals surface area contributed by atoms with Gasteiger partial charge in [-0.1, -0.05) is 46.4 Å². The van der Waals surface area contributed by atoms with Crippen LogP contribution < -0.4 is 0 Å². The first-order chi connectivity index (χ1) is 13.5. The van der Waals surface area contributed by atoms with Crippen molar-refractivity contribution >= 4 is 88.6 Å². The van der Waals surface area contributed by atoms with Crippen molar-refractivity contribution in [3.8, 4) is 0 Å². The van der Waals surface area contributed by atoms with Crippen molar-refractivity contribution < 1.29 is 0 Å². The molecule has 0 unspecified atom stereocenters. The highest BCUT2D eigenvalue weighted by atomic mass is 35.5. The maximum Gasteiger partial charge on any atom is 0.0871 e. The Morgan fingerprint density at radius 1 is 0.464 bits per heavy atom. The van der Waals surface area contributed by atoms with Gasteiger partial charge in [-0.15, -0.1) is 0 Å². The van der Waals surface area contributed by atoms with Gasteiger partial charge in [0.2, 0.25) is 0 Å². The number of halogens is 4. The van der Waals surface area contributed by atoms with Crippen molar-refractivity contribution in [1.29, 1.82) is 0 Å². The number of nitrogens with zero attached hydrogens (tertiary/aromatic N) is 2. The number of hydrogen-bond donors (Lipinski definition) is 2. The summed E-state index contributed by atoms with van der Waals surface area (Å²) in [5.41, 5.74) is 5.65. The monoisotopic (exact) mass is 446 g/mol. The summed E-state index contributed by atoms with van der Waals surface area (Å²) in [5.74, 6) is 0. The quantitative estimate of drug-likeness (QED) is 0.392. The van der Waals surface area contributed by atoms with Gasteiger partial charge in [0.1, 0.15) is 0 Å². The van der Waals surface area contributed by atoms with Crippen molar-refractivity contribution in [3.63, 3.8) is 0 Å². The Labute approximate surface area is 179 Å². The van der Waals surface area contributed by atoms with Crippen LogP contribution in [0.3, 0.4) is 0 Å². The first kappa shape index (κ1) is 17.8. The minimum absolute atomic E-state index is 0.410. The molecule has 0 saturated heterocycles. The van der Waals surface area contributed by atoms with Crippen molar-refractivity contribution in [2.45, 2.75) is 0 Å². The van der Waals surface area contributed by atoms with Crippen molar-refractivity contribution in [1.82, 2.24) is 19.9 Å². The topological polar surface area (TPSA) is 57.4 Å². The highest BCUT2D eigenvalue weighted by molar-refractivity contribution is 6.66. The molecule has 0 aromatic carbocycles. The Morgan fingerprint density at radius 2 is 0.714 bits per heavy atom. The maximum absolute atomic E-state index is 6.38. The van der Waals surface area contributed by atoms with E-state index < -0.39 is 0 Å². The SMILES string of the molecule is ClC1=C(Cl)c2cc3ccc(cc4nc(cc5ccc(cc1n2)[nH]5)C(Cl)=C4Cl)[nH]3. The molecule has 0 aliphatic carbocycles. The molecule has 0 amide bonds. The van der Waals surface area contributed by atoms with Crippen LogP contribution in [0.2, 0.25) is 0 Å². The summed E-state index contributed by atoms with van der Waals surface area (Å²) in [6, 6.07) is 15.0. The van der Waals surface area contributed by atoms with E-state index in [1.54, 1.807) is 0 Å². The molecule has 2 aliphatic heterocycles. The van der Waals surface area contributed by atoms with E-state index in [4.69, 9.17) is 46.4 Å². The van der Waals surface area contributed by atoms with Gasteiger partial charge in [0, 0.05) is 22.1 Å². The third-order valence-corrected chi connectivity index (χ3v) is 6.12. The number of nitrogens with one attached hydrogen (secondary N) is 2. The third-order valence-electron chi connectivity index (χ3n) is 4.40. The molecule has 3 aromatic heterocycles. The minimum Gasteiger partial charge on any atom is -0.355 e. The number of aromatic nitrogens is 4. The number of aromatic amines is 2. The fourth-order valence-corrected chi connectivity index (χ4v) is 3.85. The molecule has 28 heavy (non-hydrogen) atoms. The second-order valence-corrected chi connectivity index (χ2v) is 7.85. The predicted molar refractivity (Wildman–Crippen MR) is 118 cm³/mol. The molecule has 0 saturated carbocycles. The summed E-state index contributed by atoms with van der Waals surface area (Å²) in [7, 11) is 0. The highest BCUT2D eigenvalue weighted by Gasteiger charge is 2.18. The van der Waals surface area contributed by atoms with Gasteiger partial charge in [0.15, 0.2) is 0 Å². The van der Waals surface area contributed by atoms with Gasteiger partial charge in [-0.2, -0.15) is 0 Å². The highest BCUT2D eigenvalue weighted by Crippen LogP contribution is 2.37. The maximum atomic E-state index is 6.38. The van der Waals surface area contributed by atoms with Crippen molar-refractivity contribution in [2.75, 3.05) is 0 Å². The van der Waals surface area contributed by atoms with Crippen molar-refractivity contribution in [3.05, 3.63) is 71.3 Å². The first-order valence-corrected chi connectivity index (χ1v) is 9.79. The van der Waals surface area contributed by atoms with Crippen LogP contribution in [-0.4, -0.2) is 19.9 Å². The van der Waals surface area contributed by atoms with Crippen LogP contribution in [0.15, 0.2) is 48.5 Å². The molecule has 2 N–H and O–H groups in total. The molecule has 0 radical (unpaired) electrons. The Hall–Kier alpha value is -2.24. The van der Waals surface area contributed by atoms with Crippen LogP contribution in [0.5, 0.6) is 0 Å². The summed E-state index contributed by atoms with van der Waals surface area (Å²) in [6.45, 7) is 0. The van der Waals surface area contributed by atoms with Gasteiger partial charge in [0.05, 0.1) is 42.9 Å². The molecular weight excluding hydrogens is 438 g/mol. The van der Waals surface area contributed by atoms with E-state index >= 15 is 0 Å². The molecule has 0 spiro atoms. The lowest BCUT2D eigenvalue weighted by Crippen LogP contribution is -1.77. The second kappa shape index (κ2) is 6.68. The normalized spacial score (nSPS) is 14.1. The number of fused-ring (bicyclic) bond motifs is 8. The lowest BCUT2D eigenvalue weighted by Gasteiger charge is -1.90. The molecule has 138 valence electrons. The van der Waals surface area contributed by atoms with E-state index in [0.717, 1.165) is 22.1 Å². The molecule has 0 atom stereocenters. The van der Waals surface area contributed by atoms with E-state index in [2.05, 4.69) is 19.9 Å². The lowest BCUT2D eigenvalue weighted by molar-refractivity contribution is 1.31. The fraction of sp³-hybridized carbons (Fsp3) is 0. The Bertz CT molecular complexity index is 1160. The number of hydrogen-bond acceptors (Lipinski definition) is 2. The molecule has 8 heteroatoms. The summed E-state index contributed by atoms with van der Waals surface area (Å²) < 4.78 is 0. The Balaban J connectivity index is 1.90. The van der Waals surface area contributed by atoms with E-state index in [9.17, 15) is 0 Å². The van der Waals surface area contributed by atoms with Crippen LogP contribution in [-0.2, 0) is 0 Å². The number of H-pyrrole nitrogens is 2. The van der Waals surface area contributed by atoms with Gasteiger partial charge in [0.25, 0.3) is 0 Å². The van der Waals surface area contributed by atoms with Crippen LogP contribution in [0.1, 0.15) is 22.8 Å². The van der Waals surface area contributed by atoms with E-state index in [0.29, 0.717) is 42.9 Å². The molecule has 0 fully saturated rings. The molecule has 5 heterocycles. The summed E-state index contributed by atoms with van der Waals surface area (Å²) in [5, 5.41) is 1.64. The van der Waals surface area contributed by atoms with E-state index in [1.807, 2.05) is 48.5 Å². The average Bonchev–Trinajstić information content (AvgIpc) is 3.41. The van der Waals surface area contributed by atoms with E-state index in [1.165, 1.54) is 0 Å². The van der Waals surface area contributed by atoms with E-state index in [-0.39, 0.29) is 0 Å².